The summed E-state index contributed by atoms with van der Waals surface area (Å²) in [6.45, 7) is 1.52. The number of piperidine rings is 1. The molecule has 0 radical (unpaired) electrons. The summed E-state index contributed by atoms with van der Waals surface area (Å²) in [5.74, 6) is 0. The number of carbonyl (C=O) groups excluding carboxylic acids is 1. The van der Waals surface area contributed by atoms with Crippen LogP contribution in [0.1, 0.15) is 36.8 Å². The van der Waals surface area contributed by atoms with Gasteiger partial charge in [0.05, 0.1) is 5.56 Å². The number of amides is 2. The number of carbonyl (C=O) groups is 1. The highest BCUT2D eigenvalue weighted by Crippen LogP contribution is 2.32. The molecule has 1 aliphatic rings. The number of hydrogen-bond acceptors (Lipinski definition) is 2. The van der Waals surface area contributed by atoms with E-state index >= 15 is 0 Å². The van der Waals surface area contributed by atoms with E-state index in [1.54, 1.807) is 6.07 Å². The molecule has 1 aliphatic heterocycles. The number of urea groups is 1. The van der Waals surface area contributed by atoms with Crippen molar-refractivity contribution >= 4 is 6.03 Å². The predicted molar refractivity (Wildman–Crippen MR) is 91.2 cm³/mol. The van der Waals surface area contributed by atoms with Crippen LogP contribution >= 0.6 is 0 Å². The quantitative estimate of drug-likeness (QED) is 0.872. The number of nitrogens with zero attached hydrogens (tertiary/aromatic N) is 2. The highest BCUT2D eigenvalue weighted by Gasteiger charge is 2.33. The first-order valence-electron chi connectivity index (χ1n) is 8.63. The lowest BCUT2D eigenvalue weighted by molar-refractivity contribution is -0.138. The van der Waals surface area contributed by atoms with Crippen molar-refractivity contribution in [2.24, 2.45) is 0 Å². The molecule has 1 N–H and O–H groups in total. The minimum Gasteiger partial charge on any atom is -0.338 e. The smallest absolute Gasteiger partial charge is 0.338 e. The molecule has 0 saturated carbocycles. The average Bonchev–Trinajstić information content (AvgIpc) is 2.56. The van der Waals surface area contributed by atoms with Crippen molar-refractivity contribution in [1.82, 2.24) is 15.1 Å². The number of rotatable bonds is 5. The van der Waals surface area contributed by atoms with Gasteiger partial charge in [-0.1, -0.05) is 24.6 Å². The molecule has 4 nitrogen and oxygen atoms in total. The Hall–Kier alpha value is -1.76. The van der Waals surface area contributed by atoms with Gasteiger partial charge in [0.1, 0.15) is 0 Å². The van der Waals surface area contributed by atoms with Crippen molar-refractivity contribution in [2.75, 3.05) is 27.2 Å². The second-order valence-electron chi connectivity index (χ2n) is 6.66. The van der Waals surface area contributed by atoms with E-state index in [2.05, 4.69) is 17.3 Å². The van der Waals surface area contributed by atoms with Gasteiger partial charge in [0, 0.05) is 26.2 Å². The molecule has 1 fully saturated rings. The maximum atomic E-state index is 13.0. The summed E-state index contributed by atoms with van der Waals surface area (Å²) in [5.41, 5.74) is -0.599. The molecule has 1 atom stereocenters. The zero-order valence-electron chi connectivity index (χ0n) is 14.8. The summed E-state index contributed by atoms with van der Waals surface area (Å²) < 4.78 is 39.1. The molecule has 25 heavy (non-hydrogen) atoms. The Labute approximate surface area is 147 Å². The van der Waals surface area contributed by atoms with Crippen LogP contribution in [0.4, 0.5) is 18.0 Å². The second-order valence-corrected chi connectivity index (χ2v) is 6.66. The van der Waals surface area contributed by atoms with E-state index in [0.29, 0.717) is 12.6 Å². The first-order chi connectivity index (χ1) is 11.8. The minimum atomic E-state index is -4.42. The standard InChI is InChI=1S/C18H26F3N3O/c1-23-12-6-5-8-15(23)10-11-22-17(25)24(2)13-14-7-3-4-9-16(14)18(19,20)21/h3-4,7,9,15H,5-6,8,10-13H2,1-2H3,(H,22,25). The summed E-state index contributed by atoms with van der Waals surface area (Å²) in [4.78, 5) is 15.7. The molecule has 1 aromatic carbocycles. The number of hydrogen-bond donors (Lipinski definition) is 1. The van der Waals surface area contributed by atoms with Gasteiger partial charge >= 0.3 is 12.2 Å². The van der Waals surface area contributed by atoms with Crippen LogP contribution in [0.3, 0.4) is 0 Å². The predicted octanol–water partition coefficient (Wildman–Crippen LogP) is 3.72. The van der Waals surface area contributed by atoms with E-state index < -0.39 is 11.7 Å². The molecule has 0 aliphatic carbocycles. The molecule has 7 heteroatoms. The Bertz CT molecular complexity index is 577. The molecule has 0 bridgehead atoms. The van der Waals surface area contributed by atoms with Crippen molar-refractivity contribution in [3.63, 3.8) is 0 Å². The van der Waals surface area contributed by atoms with E-state index in [0.717, 1.165) is 25.5 Å². The van der Waals surface area contributed by atoms with Gasteiger partial charge in [0.2, 0.25) is 0 Å². The first-order valence-corrected chi connectivity index (χ1v) is 8.63. The summed E-state index contributed by atoms with van der Waals surface area (Å²) in [6, 6.07) is 5.46. The van der Waals surface area contributed by atoms with Crippen LogP contribution in [-0.2, 0) is 12.7 Å². The molecule has 1 unspecified atom stereocenters. The topological polar surface area (TPSA) is 35.6 Å². The normalized spacial score (nSPS) is 18.8. The van der Waals surface area contributed by atoms with Crippen molar-refractivity contribution in [2.45, 2.75) is 44.4 Å². The maximum absolute atomic E-state index is 13.0. The Balaban J connectivity index is 1.84. The third kappa shape index (κ3) is 5.63. The highest BCUT2D eigenvalue weighted by molar-refractivity contribution is 5.73. The largest absolute Gasteiger partial charge is 0.416 e. The molecule has 0 aromatic heterocycles. The van der Waals surface area contributed by atoms with Gasteiger partial charge in [0.15, 0.2) is 0 Å². The van der Waals surface area contributed by atoms with Crippen molar-refractivity contribution in [3.8, 4) is 0 Å². The number of nitrogens with one attached hydrogen (secondary N) is 1. The zero-order valence-corrected chi connectivity index (χ0v) is 14.8. The van der Waals surface area contributed by atoms with E-state index in [-0.39, 0.29) is 18.1 Å². The van der Waals surface area contributed by atoms with Gasteiger partial charge in [-0.05, 0) is 44.5 Å². The molecule has 1 heterocycles. The third-order valence-electron chi connectivity index (χ3n) is 4.75. The van der Waals surface area contributed by atoms with Gasteiger partial charge in [-0.2, -0.15) is 13.2 Å². The van der Waals surface area contributed by atoms with Crippen LogP contribution in [-0.4, -0.2) is 49.1 Å². The van der Waals surface area contributed by atoms with Crippen LogP contribution < -0.4 is 5.32 Å². The summed E-state index contributed by atoms with van der Waals surface area (Å²) >= 11 is 0. The summed E-state index contributed by atoms with van der Waals surface area (Å²) in [6.07, 6.45) is -0.0202. The average molecular weight is 357 g/mol. The van der Waals surface area contributed by atoms with Crippen LogP contribution in [0.25, 0.3) is 0 Å². The fourth-order valence-electron chi connectivity index (χ4n) is 3.25. The van der Waals surface area contributed by atoms with Crippen molar-refractivity contribution < 1.29 is 18.0 Å². The van der Waals surface area contributed by atoms with Gasteiger partial charge < -0.3 is 15.1 Å². The lowest BCUT2D eigenvalue weighted by Crippen LogP contribution is -2.41. The highest BCUT2D eigenvalue weighted by atomic mass is 19.4. The molecule has 0 spiro atoms. The molecule has 1 saturated heterocycles. The van der Waals surface area contributed by atoms with Gasteiger partial charge in [-0.25, -0.2) is 4.79 Å². The summed E-state index contributed by atoms with van der Waals surface area (Å²) in [5, 5.41) is 2.81. The minimum absolute atomic E-state index is 0.0785. The van der Waals surface area contributed by atoms with E-state index in [1.807, 2.05) is 0 Å². The Kier molecular flexibility index (Phi) is 6.70. The summed E-state index contributed by atoms with van der Waals surface area (Å²) in [7, 11) is 3.60. The van der Waals surface area contributed by atoms with Gasteiger partial charge in [0.25, 0.3) is 0 Å². The fourth-order valence-corrected chi connectivity index (χ4v) is 3.25. The lowest BCUT2D eigenvalue weighted by Gasteiger charge is -2.32. The van der Waals surface area contributed by atoms with Crippen LogP contribution in [0.15, 0.2) is 24.3 Å². The van der Waals surface area contributed by atoms with E-state index in [1.165, 1.54) is 36.9 Å². The van der Waals surface area contributed by atoms with Crippen molar-refractivity contribution in [1.29, 1.82) is 0 Å². The van der Waals surface area contributed by atoms with Crippen LogP contribution in [0.2, 0.25) is 0 Å². The number of halogens is 3. The van der Waals surface area contributed by atoms with E-state index in [4.69, 9.17) is 0 Å². The Morgan fingerprint density at radius 1 is 1.32 bits per heavy atom. The van der Waals surface area contributed by atoms with Gasteiger partial charge in [-0.15, -0.1) is 0 Å². The zero-order chi connectivity index (χ0) is 18.4. The number of benzene rings is 1. The first kappa shape index (κ1) is 19.6. The van der Waals surface area contributed by atoms with E-state index in [9.17, 15) is 18.0 Å². The number of likely N-dealkylation sites (tertiary alicyclic amines) is 1. The molecular formula is C18H26F3N3O. The molecule has 2 rings (SSSR count). The fraction of sp³-hybridized carbons (Fsp3) is 0.611. The van der Waals surface area contributed by atoms with Crippen molar-refractivity contribution in [3.05, 3.63) is 35.4 Å². The Morgan fingerprint density at radius 3 is 2.72 bits per heavy atom. The molecule has 1 aromatic rings. The molecule has 140 valence electrons. The molecular weight excluding hydrogens is 331 g/mol. The SMILES string of the molecule is CN(Cc1ccccc1C(F)(F)F)C(=O)NCCC1CCCCN1C. The number of alkyl halides is 3. The molecule has 2 amide bonds. The Morgan fingerprint density at radius 2 is 2.04 bits per heavy atom. The second kappa shape index (κ2) is 8.56. The van der Waals surface area contributed by atoms with Gasteiger partial charge in [-0.3, -0.25) is 0 Å². The maximum Gasteiger partial charge on any atom is 0.416 e. The van der Waals surface area contributed by atoms with Crippen LogP contribution in [0, 0.1) is 0 Å². The lowest BCUT2D eigenvalue weighted by atomic mass is 10.0. The monoisotopic (exact) mass is 357 g/mol. The third-order valence-corrected chi connectivity index (χ3v) is 4.75. The van der Waals surface area contributed by atoms with Crippen LogP contribution in [0.5, 0.6) is 0 Å².